The molecule has 0 bridgehead atoms. The molecule has 20 heavy (non-hydrogen) atoms. The Morgan fingerprint density at radius 2 is 2.15 bits per heavy atom. The molecule has 0 amide bonds. The van der Waals surface area contributed by atoms with Gasteiger partial charge in [-0.1, -0.05) is 19.9 Å². The van der Waals surface area contributed by atoms with Gasteiger partial charge in [0.25, 0.3) is 0 Å². The molecule has 4 nitrogen and oxygen atoms in total. The second-order valence-corrected chi connectivity index (χ2v) is 6.09. The number of fused-ring (bicyclic) bond motifs is 1. The van der Waals surface area contributed by atoms with Gasteiger partial charge in [0.15, 0.2) is 0 Å². The van der Waals surface area contributed by atoms with E-state index in [9.17, 15) is 9.90 Å². The van der Waals surface area contributed by atoms with E-state index >= 15 is 0 Å². The third kappa shape index (κ3) is 2.09. The van der Waals surface area contributed by atoms with Gasteiger partial charge in [-0.25, -0.2) is 9.78 Å². The molecule has 2 aromatic rings. The molecule has 0 radical (unpaired) electrons. The third-order valence-electron chi connectivity index (χ3n) is 4.57. The molecule has 1 fully saturated rings. The highest BCUT2D eigenvalue weighted by Gasteiger charge is 2.28. The van der Waals surface area contributed by atoms with E-state index in [2.05, 4.69) is 23.4 Å². The van der Waals surface area contributed by atoms with Crippen LogP contribution in [0.5, 0.6) is 0 Å². The molecule has 0 aliphatic heterocycles. The second kappa shape index (κ2) is 4.93. The number of aromatic nitrogens is 2. The van der Waals surface area contributed by atoms with Crippen LogP contribution in [0.25, 0.3) is 11.0 Å². The number of hydrogen-bond acceptors (Lipinski definition) is 2. The minimum atomic E-state index is -0.880. The van der Waals surface area contributed by atoms with Gasteiger partial charge < -0.3 is 9.67 Å². The zero-order valence-electron chi connectivity index (χ0n) is 11.9. The number of aromatic carboxylic acids is 1. The van der Waals surface area contributed by atoms with E-state index < -0.39 is 5.97 Å². The van der Waals surface area contributed by atoms with Crippen molar-refractivity contribution < 1.29 is 9.90 Å². The van der Waals surface area contributed by atoms with Crippen LogP contribution >= 0.6 is 0 Å². The number of carboxylic acids is 1. The number of carbonyl (C=O) groups is 1. The first kappa shape index (κ1) is 13.2. The fourth-order valence-corrected chi connectivity index (χ4v) is 3.58. The quantitative estimate of drug-likeness (QED) is 0.906. The molecule has 1 saturated carbocycles. The Kier molecular flexibility index (Phi) is 3.24. The summed E-state index contributed by atoms with van der Waals surface area (Å²) in [4.78, 5) is 15.8. The number of rotatable bonds is 2. The molecule has 4 heteroatoms. The van der Waals surface area contributed by atoms with Crippen LogP contribution in [0.4, 0.5) is 0 Å². The number of imidazole rings is 1. The Bertz CT molecular complexity index is 647. The lowest BCUT2D eigenvalue weighted by atomic mass is 9.79. The summed E-state index contributed by atoms with van der Waals surface area (Å²) in [5.41, 5.74) is 1.90. The molecule has 0 saturated heterocycles. The molecule has 3 atom stereocenters. The summed E-state index contributed by atoms with van der Waals surface area (Å²) in [5.74, 6) is 0.433. The lowest BCUT2D eigenvalue weighted by molar-refractivity contribution is 0.0698. The Hall–Kier alpha value is -1.84. The van der Waals surface area contributed by atoms with Gasteiger partial charge in [-0.05, 0) is 43.2 Å². The molecule has 106 valence electrons. The molecule has 0 spiro atoms. The average molecular weight is 272 g/mol. The monoisotopic (exact) mass is 272 g/mol. The van der Waals surface area contributed by atoms with Crippen LogP contribution < -0.4 is 0 Å². The van der Waals surface area contributed by atoms with Crippen molar-refractivity contribution in [1.29, 1.82) is 0 Å². The lowest BCUT2D eigenvalue weighted by Crippen LogP contribution is -2.24. The summed E-state index contributed by atoms with van der Waals surface area (Å²) in [7, 11) is 0. The van der Waals surface area contributed by atoms with Crippen molar-refractivity contribution in [3.8, 4) is 0 Å². The summed E-state index contributed by atoms with van der Waals surface area (Å²) in [6.45, 7) is 4.55. The maximum atomic E-state index is 11.4. The molecular formula is C16H20N2O2. The van der Waals surface area contributed by atoms with Crippen molar-refractivity contribution in [2.45, 2.75) is 39.2 Å². The molecule has 3 rings (SSSR count). The smallest absolute Gasteiger partial charge is 0.337 e. The van der Waals surface area contributed by atoms with Gasteiger partial charge in [0, 0.05) is 6.04 Å². The van der Waals surface area contributed by atoms with E-state index in [-0.39, 0.29) is 0 Å². The number of carboxylic acid groups (broad SMARTS) is 1. The van der Waals surface area contributed by atoms with E-state index in [1.165, 1.54) is 12.8 Å². The van der Waals surface area contributed by atoms with E-state index in [1.54, 1.807) is 12.1 Å². The van der Waals surface area contributed by atoms with Crippen LogP contribution in [0.3, 0.4) is 0 Å². The van der Waals surface area contributed by atoms with Gasteiger partial charge in [0.1, 0.15) is 0 Å². The van der Waals surface area contributed by atoms with Crippen LogP contribution in [0.15, 0.2) is 24.5 Å². The number of benzene rings is 1. The van der Waals surface area contributed by atoms with Crippen molar-refractivity contribution in [2.75, 3.05) is 0 Å². The highest BCUT2D eigenvalue weighted by Crippen LogP contribution is 2.38. The Labute approximate surface area is 118 Å². The van der Waals surface area contributed by atoms with E-state index in [0.717, 1.165) is 23.4 Å². The van der Waals surface area contributed by atoms with E-state index in [1.807, 2.05) is 12.4 Å². The SMILES string of the molecule is CC1CCC(n2cnc3cccc(C(=O)O)c32)C(C)C1. The first-order valence-corrected chi connectivity index (χ1v) is 7.26. The first-order valence-electron chi connectivity index (χ1n) is 7.26. The molecule has 3 unspecified atom stereocenters. The van der Waals surface area contributed by atoms with Gasteiger partial charge in [-0.3, -0.25) is 0 Å². The maximum absolute atomic E-state index is 11.4. The van der Waals surface area contributed by atoms with Gasteiger partial charge in [-0.15, -0.1) is 0 Å². The number of nitrogens with zero attached hydrogens (tertiary/aromatic N) is 2. The molecule has 1 aliphatic carbocycles. The van der Waals surface area contributed by atoms with Crippen LogP contribution in [-0.2, 0) is 0 Å². The van der Waals surface area contributed by atoms with E-state index in [0.29, 0.717) is 17.5 Å². The number of hydrogen-bond donors (Lipinski definition) is 1. The largest absolute Gasteiger partial charge is 0.478 e. The highest BCUT2D eigenvalue weighted by atomic mass is 16.4. The van der Waals surface area contributed by atoms with Crippen LogP contribution in [0, 0.1) is 11.8 Å². The first-order chi connectivity index (χ1) is 9.58. The van der Waals surface area contributed by atoms with Crippen molar-refractivity contribution in [3.63, 3.8) is 0 Å². The van der Waals surface area contributed by atoms with Crippen LogP contribution in [0.2, 0.25) is 0 Å². The Morgan fingerprint density at radius 3 is 2.85 bits per heavy atom. The standard InChI is InChI=1S/C16H20N2O2/c1-10-6-7-14(11(2)8-10)18-9-17-13-5-3-4-12(15(13)18)16(19)20/h3-5,9-11,14H,6-8H2,1-2H3,(H,19,20). The highest BCUT2D eigenvalue weighted by molar-refractivity contribution is 6.01. The topological polar surface area (TPSA) is 55.1 Å². The zero-order chi connectivity index (χ0) is 14.3. The summed E-state index contributed by atoms with van der Waals surface area (Å²) in [6, 6.07) is 5.67. The molecule has 1 N–H and O–H groups in total. The molecule has 1 aromatic carbocycles. The molecular weight excluding hydrogens is 252 g/mol. The minimum Gasteiger partial charge on any atom is -0.478 e. The summed E-state index contributed by atoms with van der Waals surface area (Å²) >= 11 is 0. The van der Waals surface area contributed by atoms with E-state index in [4.69, 9.17) is 0 Å². The predicted molar refractivity (Wildman–Crippen MR) is 77.9 cm³/mol. The fraction of sp³-hybridized carbons (Fsp3) is 0.500. The molecule has 1 aliphatic rings. The maximum Gasteiger partial charge on any atom is 0.337 e. The fourth-order valence-electron chi connectivity index (χ4n) is 3.58. The van der Waals surface area contributed by atoms with Gasteiger partial charge in [0.05, 0.1) is 22.9 Å². The van der Waals surface area contributed by atoms with Crippen molar-refractivity contribution in [1.82, 2.24) is 9.55 Å². The lowest BCUT2D eigenvalue weighted by Gasteiger charge is -2.34. The number of para-hydroxylation sites is 1. The average Bonchev–Trinajstić information content (AvgIpc) is 2.82. The normalized spacial score (nSPS) is 26.8. The zero-order valence-corrected chi connectivity index (χ0v) is 11.9. The predicted octanol–water partition coefficient (Wildman–Crippen LogP) is 3.73. The minimum absolute atomic E-state index is 0.353. The summed E-state index contributed by atoms with van der Waals surface area (Å²) in [5, 5.41) is 9.39. The van der Waals surface area contributed by atoms with Gasteiger partial charge >= 0.3 is 5.97 Å². The van der Waals surface area contributed by atoms with Crippen LogP contribution in [-0.4, -0.2) is 20.6 Å². The molecule has 1 aromatic heterocycles. The van der Waals surface area contributed by atoms with Crippen LogP contribution in [0.1, 0.15) is 49.5 Å². The van der Waals surface area contributed by atoms with Crippen molar-refractivity contribution in [2.24, 2.45) is 11.8 Å². The third-order valence-corrected chi connectivity index (χ3v) is 4.57. The van der Waals surface area contributed by atoms with Gasteiger partial charge in [0.2, 0.25) is 0 Å². The Balaban J connectivity index is 2.10. The van der Waals surface area contributed by atoms with Gasteiger partial charge in [-0.2, -0.15) is 0 Å². The molecule has 1 heterocycles. The summed E-state index contributed by atoms with van der Waals surface area (Å²) < 4.78 is 2.09. The second-order valence-electron chi connectivity index (χ2n) is 6.09. The van der Waals surface area contributed by atoms with Crippen molar-refractivity contribution >= 4 is 17.0 Å². The Morgan fingerprint density at radius 1 is 1.35 bits per heavy atom. The van der Waals surface area contributed by atoms with Crippen molar-refractivity contribution in [3.05, 3.63) is 30.1 Å². The summed E-state index contributed by atoms with van der Waals surface area (Å²) in [6.07, 6.45) is 5.31.